The number of carbonyl (C=O) groups is 3. The molecule has 1 aliphatic carbocycles. The van der Waals surface area contributed by atoms with Crippen molar-refractivity contribution in [1.82, 2.24) is 14.9 Å². The van der Waals surface area contributed by atoms with Crippen LogP contribution in [0.4, 0.5) is 11.4 Å². The lowest BCUT2D eigenvalue weighted by atomic mass is 10.0. The highest BCUT2D eigenvalue weighted by molar-refractivity contribution is 6.17. The number of carbonyl (C=O) groups excluding carboxylic acids is 3. The number of aromatic amines is 1. The van der Waals surface area contributed by atoms with Gasteiger partial charge in [0.1, 0.15) is 0 Å². The number of piperazine rings is 1. The Bertz CT molecular complexity index is 1610. The van der Waals surface area contributed by atoms with Crippen LogP contribution in [0.15, 0.2) is 55.3 Å². The number of amides is 2. The van der Waals surface area contributed by atoms with Gasteiger partial charge in [-0.15, -0.1) is 0 Å². The van der Waals surface area contributed by atoms with Crippen molar-refractivity contribution in [2.24, 2.45) is 0 Å². The fourth-order valence-electron chi connectivity index (χ4n) is 5.48. The third kappa shape index (κ3) is 3.94. The van der Waals surface area contributed by atoms with Crippen LogP contribution in [0.1, 0.15) is 29.4 Å². The minimum absolute atomic E-state index is 0.0725. The lowest BCUT2D eigenvalue weighted by Crippen LogP contribution is -2.48. The summed E-state index contributed by atoms with van der Waals surface area (Å²) >= 11 is 0. The summed E-state index contributed by atoms with van der Waals surface area (Å²) in [5.41, 5.74) is 5.98. The average Bonchev–Trinajstić information content (AvgIpc) is 3.48. The van der Waals surface area contributed by atoms with E-state index in [1.807, 2.05) is 47.5 Å². The molecule has 37 heavy (non-hydrogen) atoms. The van der Waals surface area contributed by atoms with Gasteiger partial charge in [0.2, 0.25) is 11.8 Å². The first-order chi connectivity index (χ1) is 17.9. The van der Waals surface area contributed by atoms with Crippen molar-refractivity contribution in [3.63, 3.8) is 0 Å². The van der Waals surface area contributed by atoms with Crippen LogP contribution in [-0.2, 0) is 16.0 Å². The molecule has 0 unspecified atom stereocenters. The molecule has 1 fully saturated rings. The molecule has 0 atom stereocenters. The second kappa shape index (κ2) is 8.89. The molecule has 6 rings (SSSR count). The van der Waals surface area contributed by atoms with E-state index in [0.29, 0.717) is 38.3 Å². The number of aryl methyl sites for hydroxylation is 1. The van der Waals surface area contributed by atoms with Gasteiger partial charge >= 0.3 is 0 Å². The molecule has 2 amide bonds. The normalized spacial score (nSPS) is 15.3. The number of hydrogen-bond donors (Lipinski definition) is 2. The van der Waals surface area contributed by atoms with Crippen LogP contribution in [0.5, 0.6) is 0 Å². The zero-order valence-electron chi connectivity index (χ0n) is 20.6. The molecule has 3 heterocycles. The van der Waals surface area contributed by atoms with Gasteiger partial charge in [-0.1, -0.05) is 24.8 Å². The molecule has 8 heteroatoms. The molecule has 0 radical (unpaired) electrons. The Morgan fingerprint density at radius 1 is 1.05 bits per heavy atom. The zero-order chi connectivity index (χ0) is 25.7. The van der Waals surface area contributed by atoms with Gasteiger partial charge in [-0.3, -0.25) is 19.4 Å². The number of ketones is 1. The maximum atomic E-state index is 12.4. The first-order valence-corrected chi connectivity index (χ1v) is 12.5. The fraction of sp³-hybridized carbons (Fsp3) is 0.241. The van der Waals surface area contributed by atoms with Crippen molar-refractivity contribution >= 4 is 50.6 Å². The second-order valence-corrected chi connectivity index (χ2v) is 9.60. The van der Waals surface area contributed by atoms with Crippen molar-refractivity contribution in [1.29, 1.82) is 0 Å². The summed E-state index contributed by atoms with van der Waals surface area (Å²) in [6.45, 7) is 7.80. The summed E-state index contributed by atoms with van der Waals surface area (Å²) in [5.74, 6) is -0.0277. The minimum atomic E-state index is -0.292. The van der Waals surface area contributed by atoms with Gasteiger partial charge < -0.3 is 20.1 Å². The number of hydrogen-bond acceptors (Lipinski definition) is 5. The highest BCUT2D eigenvalue weighted by atomic mass is 16.2. The molecule has 2 aromatic carbocycles. The number of aromatic nitrogens is 2. The van der Waals surface area contributed by atoms with Crippen LogP contribution < -0.4 is 10.2 Å². The number of nitrogens with zero attached hydrogens (tertiary/aromatic N) is 3. The molecule has 0 saturated carbocycles. The zero-order valence-corrected chi connectivity index (χ0v) is 20.6. The van der Waals surface area contributed by atoms with E-state index in [1.165, 1.54) is 6.08 Å². The molecular weight excluding hydrogens is 466 g/mol. The molecule has 0 spiro atoms. The van der Waals surface area contributed by atoms with Gasteiger partial charge in [-0.05, 0) is 30.7 Å². The summed E-state index contributed by atoms with van der Waals surface area (Å²) in [7, 11) is 0. The van der Waals surface area contributed by atoms with Gasteiger partial charge in [0.05, 0.1) is 22.6 Å². The van der Waals surface area contributed by atoms with E-state index in [9.17, 15) is 14.4 Å². The predicted molar refractivity (Wildman–Crippen MR) is 145 cm³/mol. The number of fused-ring (bicyclic) bond motifs is 5. The van der Waals surface area contributed by atoms with E-state index in [-0.39, 0.29) is 17.6 Å². The van der Waals surface area contributed by atoms with Crippen molar-refractivity contribution < 1.29 is 14.4 Å². The Kier molecular flexibility index (Phi) is 5.52. The maximum absolute atomic E-state index is 12.4. The molecule has 1 aliphatic heterocycles. The molecule has 1 saturated heterocycles. The van der Waals surface area contributed by atoms with Gasteiger partial charge in [0.25, 0.3) is 0 Å². The van der Waals surface area contributed by atoms with Gasteiger partial charge in [-0.2, -0.15) is 0 Å². The summed E-state index contributed by atoms with van der Waals surface area (Å²) in [6.07, 6.45) is 4.40. The molecule has 2 aliphatic rings. The van der Waals surface area contributed by atoms with E-state index < -0.39 is 0 Å². The molecule has 186 valence electrons. The number of H-pyrrole nitrogens is 1. The predicted octanol–water partition coefficient (Wildman–Crippen LogP) is 4.31. The average molecular weight is 494 g/mol. The highest BCUT2D eigenvalue weighted by Gasteiger charge is 2.25. The first kappa shape index (κ1) is 23.0. The Morgan fingerprint density at radius 2 is 1.86 bits per heavy atom. The number of anilines is 2. The summed E-state index contributed by atoms with van der Waals surface area (Å²) in [4.78, 5) is 48.6. The van der Waals surface area contributed by atoms with Crippen molar-refractivity contribution in [2.75, 3.05) is 36.4 Å². The van der Waals surface area contributed by atoms with Gasteiger partial charge in [0.15, 0.2) is 5.78 Å². The smallest absolute Gasteiger partial charge is 0.247 e. The van der Waals surface area contributed by atoms with E-state index in [0.717, 1.165) is 56.3 Å². The Morgan fingerprint density at radius 3 is 2.62 bits per heavy atom. The Balaban J connectivity index is 1.40. The largest absolute Gasteiger partial charge is 0.366 e. The monoisotopic (exact) mass is 493 g/mol. The van der Waals surface area contributed by atoms with E-state index in [4.69, 9.17) is 4.98 Å². The van der Waals surface area contributed by atoms with Gasteiger partial charge in [0, 0.05) is 78.7 Å². The number of benzene rings is 2. The first-order valence-electron chi connectivity index (χ1n) is 12.5. The topological polar surface area (TPSA) is 98.4 Å². The SMILES string of the molecule is C=CC(=O)Nc1cc(-c2cc3c(ccc4c5c([nH]c43)CCC5=O)cn2)ccc1N1CCN(C(C)=O)CC1. The quantitative estimate of drug-likeness (QED) is 0.413. The summed E-state index contributed by atoms with van der Waals surface area (Å²) in [5, 5.41) is 5.90. The third-order valence-electron chi connectivity index (χ3n) is 7.43. The number of Topliss-reactive ketones (excluding diaryl/α,β-unsaturated/α-hetero) is 1. The molecular formula is C29H27N5O3. The Hall–Kier alpha value is -4.46. The molecule has 0 bridgehead atoms. The van der Waals surface area contributed by atoms with Crippen LogP contribution in [-0.4, -0.2) is 58.6 Å². The summed E-state index contributed by atoms with van der Waals surface area (Å²) < 4.78 is 0. The van der Waals surface area contributed by atoms with E-state index >= 15 is 0 Å². The maximum Gasteiger partial charge on any atom is 0.247 e. The molecule has 8 nitrogen and oxygen atoms in total. The molecule has 2 aromatic heterocycles. The van der Waals surface area contributed by atoms with E-state index in [2.05, 4.69) is 21.8 Å². The highest BCUT2D eigenvalue weighted by Crippen LogP contribution is 2.36. The van der Waals surface area contributed by atoms with Crippen LogP contribution >= 0.6 is 0 Å². The van der Waals surface area contributed by atoms with E-state index in [1.54, 1.807) is 6.92 Å². The lowest BCUT2D eigenvalue weighted by Gasteiger charge is -2.36. The standard InChI is InChI=1S/C29H27N5O3/c1-3-27(37)31-24-14-18(5-8-25(24)34-12-10-33(11-13-34)17(2)35)23-15-21-19(16-30-23)4-6-20-28-22(32-29(20)21)7-9-26(28)36/h3-6,8,14-16,32H,1,7,9-13H2,2H3,(H,31,37). The van der Waals surface area contributed by atoms with Crippen molar-refractivity contribution in [3.05, 3.63) is 66.5 Å². The minimum Gasteiger partial charge on any atom is -0.366 e. The molecule has 4 aromatic rings. The summed E-state index contributed by atoms with van der Waals surface area (Å²) in [6, 6.07) is 12.0. The van der Waals surface area contributed by atoms with Crippen molar-refractivity contribution in [2.45, 2.75) is 19.8 Å². The van der Waals surface area contributed by atoms with Crippen molar-refractivity contribution in [3.8, 4) is 11.3 Å². The second-order valence-electron chi connectivity index (χ2n) is 9.60. The van der Waals surface area contributed by atoms with Gasteiger partial charge in [-0.25, -0.2) is 0 Å². The van der Waals surface area contributed by atoms with Crippen LogP contribution in [0.3, 0.4) is 0 Å². The van der Waals surface area contributed by atoms with Crippen LogP contribution in [0.2, 0.25) is 0 Å². The number of pyridine rings is 1. The van der Waals surface area contributed by atoms with Crippen LogP contribution in [0, 0.1) is 0 Å². The number of rotatable bonds is 4. The Labute approximate surface area is 214 Å². The van der Waals surface area contributed by atoms with Crippen LogP contribution in [0.25, 0.3) is 32.9 Å². The molecule has 2 N–H and O–H groups in total. The lowest BCUT2D eigenvalue weighted by molar-refractivity contribution is -0.129. The third-order valence-corrected chi connectivity index (χ3v) is 7.43. The fourth-order valence-corrected chi connectivity index (χ4v) is 5.48. The number of nitrogens with one attached hydrogen (secondary N) is 2.